The van der Waals surface area contributed by atoms with E-state index >= 15 is 0 Å². The molecular weight excluding hydrogens is 266 g/mol. The minimum atomic E-state index is -0.789. The maximum atomic E-state index is 10.7. The molecule has 1 aromatic rings. The lowest BCUT2D eigenvalue weighted by atomic mass is 10.1. The fourth-order valence-corrected chi connectivity index (χ4v) is 2.66. The molecule has 3 nitrogen and oxygen atoms in total. The number of aryl methyl sites for hydroxylation is 1. The molecule has 5 heteroatoms. The van der Waals surface area contributed by atoms with E-state index in [4.69, 9.17) is 5.11 Å². The van der Waals surface area contributed by atoms with Crippen LogP contribution >= 0.6 is 27.3 Å². The van der Waals surface area contributed by atoms with E-state index in [-0.39, 0.29) is 0 Å². The normalized spacial score (nSPS) is 12.7. The molecule has 0 bridgehead atoms. The number of rotatable bonds is 5. The van der Waals surface area contributed by atoms with Crippen LogP contribution in [0.5, 0.6) is 0 Å². The molecule has 0 saturated carbocycles. The molecule has 0 spiro atoms. The van der Waals surface area contributed by atoms with Gasteiger partial charge in [0.05, 0.1) is 3.79 Å². The van der Waals surface area contributed by atoms with Gasteiger partial charge in [-0.2, -0.15) is 0 Å². The minimum absolute atomic E-state index is 0.448. The standard InChI is InChI=1S/C9H12BrNO2S/c1-11-7(9(12)13)4-2-6-3-5-8(10)14-6/h3,5,7,11H,2,4H2,1H3,(H,12,13). The number of likely N-dealkylation sites (N-methyl/N-ethyl adjacent to an activating group) is 1. The van der Waals surface area contributed by atoms with Crippen molar-refractivity contribution >= 4 is 33.2 Å². The maximum absolute atomic E-state index is 10.7. The second-order valence-electron chi connectivity index (χ2n) is 2.92. The molecule has 78 valence electrons. The molecule has 0 amide bonds. The van der Waals surface area contributed by atoms with E-state index in [9.17, 15) is 4.79 Å². The van der Waals surface area contributed by atoms with Crippen molar-refractivity contribution in [3.63, 3.8) is 0 Å². The van der Waals surface area contributed by atoms with Crippen LogP contribution < -0.4 is 5.32 Å². The summed E-state index contributed by atoms with van der Waals surface area (Å²) < 4.78 is 1.09. The molecular formula is C9H12BrNO2S. The number of carboxylic acids is 1. The van der Waals surface area contributed by atoms with Crippen molar-refractivity contribution in [2.75, 3.05) is 7.05 Å². The Balaban J connectivity index is 2.43. The van der Waals surface area contributed by atoms with E-state index in [0.717, 1.165) is 10.2 Å². The highest BCUT2D eigenvalue weighted by molar-refractivity contribution is 9.11. The van der Waals surface area contributed by atoms with Gasteiger partial charge in [-0.25, -0.2) is 0 Å². The quantitative estimate of drug-likeness (QED) is 0.867. The van der Waals surface area contributed by atoms with E-state index < -0.39 is 12.0 Å². The average molecular weight is 278 g/mol. The predicted molar refractivity (Wildman–Crippen MR) is 60.8 cm³/mol. The number of hydrogen-bond donors (Lipinski definition) is 2. The third-order valence-electron chi connectivity index (χ3n) is 1.95. The number of carbonyl (C=O) groups is 1. The van der Waals surface area contributed by atoms with Crippen LogP contribution in [0, 0.1) is 0 Å². The molecule has 1 aromatic heterocycles. The third kappa shape index (κ3) is 3.40. The third-order valence-corrected chi connectivity index (χ3v) is 3.64. The summed E-state index contributed by atoms with van der Waals surface area (Å²) in [7, 11) is 1.67. The van der Waals surface area contributed by atoms with Crippen molar-refractivity contribution in [2.45, 2.75) is 18.9 Å². The van der Waals surface area contributed by atoms with Crippen LogP contribution in [0.3, 0.4) is 0 Å². The average Bonchev–Trinajstić information content (AvgIpc) is 2.52. The lowest BCUT2D eigenvalue weighted by molar-refractivity contribution is -0.139. The second-order valence-corrected chi connectivity index (χ2v) is 5.47. The van der Waals surface area contributed by atoms with Crippen LogP contribution in [0.2, 0.25) is 0 Å². The topological polar surface area (TPSA) is 49.3 Å². The first-order chi connectivity index (χ1) is 6.63. The molecule has 0 aliphatic carbocycles. The Bertz CT molecular complexity index is 314. The van der Waals surface area contributed by atoms with Gasteiger partial charge in [0.1, 0.15) is 6.04 Å². The van der Waals surface area contributed by atoms with Gasteiger partial charge in [-0.15, -0.1) is 11.3 Å². The van der Waals surface area contributed by atoms with Crippen molar-refractivity contribution in [1.82, 2.24) is 5.32 Å². The molecule has 0 aliphatic rings. The van der Waals surface area contributed by atoms with Gasteiger partial charge in [0.15, 0.2) is 0 Å². The Hall–Kier alpha value is -0.390. The first kappa shape index (κ1) is 11.7. The highest BCUT2D eigenvalue weighted by Gasteiger charge is 2.14. The van der Waals surface area contributed by atoms with Gasteiger partial charge in [-0.05, 0) is 48.0 Å². The first-order valence-electron chi connectivity index (χ1n) is 4.27. The molecule has 1 unspecified atom stereocenters. The van der Waals surface area contributed by atoms with Crippen LogP contribution in [-0.2, 0) is 11.2 Å². The van der Waals surface area contributed by atoms with Crippen molar-refractivity contribution in [3.8, 4) is 0 Å². The van der Waals surface area contributed by atoms with Crippen molar-refractivity contribution in [3.05, 3.63) is 20.8 Å². The summed E-state index contributed by atoms with van der Waals surface area (Å²) in [5, 5.41) is 11.6. The largest absolute Gasteiger partial charge is 0.480 e. The van der Waals surface area contributed by atoms with Gasteiger partial charge in [-0.1, -0.05) is 0 Å². The summed E-state index contributed by atoms with van der Waals surface area (Å²) in [6, 6.07) is 3.55. The number of nitrogens with one attached hydrogen (secondary N) is 1. The number of carboxylic acid groups (broad SMARTS) is 1. The highest BCUT2D eigenvalue weighted by Crippen LogP contribution is 2.23. The molecule has 0 fully saturated rings. The van der Waals surface area contributed by atoms with E-state index in [2.05, 4.69) is 21.2 Å². The zero-order valence-electron chi connectivity index (χ0n) is 7.79. The summed E-state index contributed by atoms with van der Waals surface area (Å²) in [5.74, 6) is -0.789. The molecule has 0 aliphatic heterocycles. The van der Waals surface area contributed by atoms with E-state index in [1.54, 1.807) is 18.4 Å². The van der Waals surface area contributed by atoms with Crippen molar-refractivity contribution in [1.29, 1.82) is 0 Å². The number of aliphatic carboxylic acids is 1. The SMILES string of the molecule is CNC(CCc1ccc(Br)s1)C(=O)O. The van der Waals surface area contributed by atoms with Gasteiger partial charge in [0.2, 0.25) is 0 Å². The minimum Gasteiger partial charge on any atom is -0.480 e. The van der Waals surface area contributed by atoms with E-state index in [1.807, 2.05) is 12.1 Å². The van der Waals surface area contributed by atoms with Gasteiger partial charge >= 0.3 is 5.97 Å². The Morgan fingerprint density at radius 1 is 1.71 bits per heavy atom. The summed E-state index contributed by atoms with van der Waals surface area (Å²) >= 11 is 5.02. The monoisotopic (exact) mass is 277 g/mol. The fourth-order valence-electron chi connectivity index (χ4n) is 1.16. The number of halogens is 1. The fraction of sp³-hybridized carbons (Fsp3) is 0.444. The lowest BCUT2D eigenvalue weighted by Gasteiger charge is -2.09. The second kappa shape index (κ2) is 5.48. The Labute approximate surface area is 95.3 Å². The highest BCUT2D eigenvalue weighted by atomic mass is 79.9. The van der Waals surface area contributed by atoms with Crippen molar-refractivity contribution < 1.29 is 9.90 Å². The molecule has 1 rings (SSSR count). The number of thiophene rings is 1. The predicted octanol–water partition coefficient (Wildman–Crippen LogP) is 2.12. The zero-order chi connectivity index (χ0) is 10.6. The van der Waals surface area contributed by atoms with Gasteiger partial charge in [0.25, 0.3) is 0 Å². The molecule has 1 heterocycles. The number of hydrogen-bond acceptors (Lipinski definition) is 3. The van der Waals surface area contributed by atoms with Crippen LogP contribution in [0.15, 0.2) is 15.9 Å². The Morgan fingerprint density at radius 2 is 2.43 bits per heavy atom. The summed E-state index contributed by atoms with van der Waals surface area (Å²) in [6.07, 6.45) is 1.42. The summed E-state index contributed by atoms with van der Waals surface area (Å²) in [4.78, 5) is 11.9. The molecule has 14 heavy (non-hydrogen) atoms. The van der Waals surface area contributed by atoms with Gasteiger partial charge < -0.3 is 10.4 Å². The summed E-state index contributed by atoms with van der Waals surface area (Å²) in [6.45, 7) is 0. The molecule has 0 aromatic carbocycles. The molecule has 2 N–H and O–H groups in total. The first-order valence-corrected chi connectivity index (χ1v) is 5.88. The van der Waals surface area contributed by atoms with Crippen molar-refractivity contribution in [2.24, 2.45) is 0 Å². The van der Waals surface area contributed by atoms with Crippen LogP contribution in [0.1, 0.15) is 11.3 Å². The van der Waals surface area contributed by atoms with E-state index in [0.29, 0.717) is 6.42 Å². The Morgan fingerprint density at radius 3 is 2.86 bits per heavy atom. The Kier molecular flexibility index (Phi) is 4.57. The lowest BCUT2D eigenvalue weighted by Crippen LogP contribution is -2.34. The molecule has 0 saturated heterocycles. The van der Waals surface area contributed by atoms with Crippen LogP contribution in [-0.4, -0.2) is 24.2 Å². The van der Waals surface area contributed by atoms with Crippen LogP contribution in [0.25, 0.3) is 0 Å². The molecule has 0 radical (unpaired) electrons. The van der Waals surface area contributed by atoms with Crippen LogP contribution in [0.4, 0.5) is 0 Å². The molecule has 1 atom stereocenters. The summed E-state index contributed by atoms with van der Waals surface area (Å²) in [5.41, 5.74) is 0. The van der Waals surface area contributed by atoms with Gasteiger partial charge in [0, 0.05) is 4.88 Å². The smallest absolute Gasteiger partial charge is 0.320 e. The van der Waals surface area contributed by atoms with Gasteiger partial charge in [-0.3, -0.25) is 4.79 Å². The van der Waals surface area contributed by atoms with E-state index in [1.165, 1.54) is 4.88 Å². The maximum Gasteiger partial charge on any atom is 0.320 e. The zero-order valence-corrected chi connectivity index (χ0v) is 10.2.